The Balaban J connectivity index is 2.39. The average Bonchev–Trinajstić information content (AvgIpc) is 2.03. The van der Waals surface area contributed by atoms with Crippen molar-refractivity contribution in [1.29, 1.82) is 0 Å². The van der Waals surface area contributed by atoms with Gasteiger partial charge in [-0.3, -0.25) is 4.79 Å². The molecule has 0 N–H and O–H groups in total. The van der Waals surface area contributed by atoms with Crippen LogP contribution in [0, 0.1) is 11.8 Å². The molecule has 64 valence electrons. The van der Waals surface area contributed by atoms with E-state index < -0.39 is 0 Å². The first-order valence-electron chi connectivity index (χ1n) is 4.75. The molecule has 1 aliphatic rings. The van der Waals surface area contributed by atoms with Gasteiger partial charge in [-0.2, -0.15) is 0 Å². The Morgan fingerprint density at radius 1 is 1.64 bits per heavy atom. The van der Waals surface area contributed by atoms with Gasteiger partial charge in [0.25, 0.3) is 0 Å². The van der Waals surface area contributed by atoms with E-state index in [0.717, 1.165) is 25.2 Å². The number of hydrogen-bond acceptors (Lipinski definition) is 1. The van der Waals surface area contributed by atoms with Gasteiger partial charge in [-0.15, -0.1) is 0 Å². The highest BCUT2D eigenvalue weighted by molar-refractivity contribution is 5.79. The van der Waals surface area contributed by atoms with Gasteiger partial charge in [0.1, 0.15) is 5.78 Å². The molecule has 0 aromatic heterocycles. The maximum Gasteiger partial charge on any atom is 0.133 e. The van der Waals surface area contributed by atoms with E-state index in [1.165, 1.54) is 12.8 Å². The molecule has 0 heterocycles. The second-order valence-corrected chi connectivity index (χ2v) is 3.78. The minimum atomic E-state index is 0.488. The summed E-state index contributed by atoms with van der Waals surface area (Å²) >= 11 is 0. The molecule has 1 heteroatoms. The second-order valence-electron chi connectivity index (χ2n) is 3.78. The maximum absolute atomic E-state index is 11.1. The third kappa shape index (κ3) is 2.32. The van der Waals surface area contributed by atoms with Gasteiger partial charge >= 0.3 is 0 Å². The lowest BCUT2D eigenvalue weighted by Crippen LogP contribution is -2.20. The summed E-state index contributed by atoms with van der Waals surface area (Å²) in [5, 5.41) is 0. The fourth-order valence-electron chi connectivity index (χ4n) is 1.88. The molecule has 0 bridgehead atoms. The first-order chi connectivity index (χ1) is 5.24. The molecule has 2 unspecified atom stereocenters. The van der Waals surface area contributed by atoms with Gasteiger partial charge in [0.15, 0.2) is 0 Å². The van der Waals surface area contributed by atoms with Crippen LogP contribution >= 0.6 is 0 Å². The monoisotopic (exact) mass is 154 g/mol. The normalized spacial score (nSPS) is 28.5. The number of carbonyl (C=O) groups is 1. The number of hydrogen-bond donors (Lipinski definition) is 0. The summed E-state index contributed by atoms with van der Waals surface area (Å²) in [6.45, 7) is 4.48. The van der Waals surface area contributed by atoms with E-state index in [2.05, 4.69) is 13.8 Å². The smallest absolute Gasteiger partial charge is 0.133 e. The van der Waals surface area contributed by atoms with Crippen LogP contribution in [0.25, 0.3) is 0 Å². The van der Waals surface area contributed by atoms with Crippen LogP contribution in [0.4, 0.5) is 0 Å². The number of Topliss-reactive ketones (excluding diaryl/α,β-unsaturated/α-hetero) is 1. The molecule has 0 spiro atoms. The standard InChI is InChI=1S/C10H18O/c1-3-8(2)9-5-4-6-10(11)7-9/h8-9H,3-7H2,1-2H3. The zero-order chi connectivity index (χ0) is 8.27. The van der Waals surface area contributed by atoms with Crippen LogP contribution in [0.15, 0.2) is 0 Å². The van der Waals surface area contributed by atoms with Gasteiger partial charge in [0.05, 0.1) is 0 Å². The Hall–Kier alpha value is -0.330. The SMILES string of the molecule is CCC(C)C1CCCC(=O)C1. The maximum atomic E-state index is 11.1. The van der Waals surface area contributed by atoms with Crippen molar-refractivity contribution in [2.75, 3.05) is 0 Å². The molecule has 0 aromatic carbocycles. The molecule has 0 amide bonds. The zero-order valence-corrected chi connectivity index (χ0v) is 7.60. The van der Waals surface area contributed by atoms with Crippen molar-refractivity contribution < 1.29 is 4.79 Å². The second kappa shape index (κ2) is 3.89. The van der Waals surface area contributed by atoms with Crippen LogP contribution in [0.2, 0.25) is 0 Å². The summed E-state index contributed by atoms with van der Waals surface area (Å²) < 4.78 is 0. The van der Waals surface area contributed by atoms with Crippen molar-refractivity contribution in [3.8, 4) is 0 Å². The Morgan fingerprint density at radius 3 is 2.91 bits per heavy atom. The molecule has 0 aromatic rings. The van der Waals surface area contributed by atoms with E-state index in [1.54, 1.807) is 0 Å². The van der Waals surface area contributed by atoms with Crippen LogP contribution in [0.3, 0.4) is 0 Å². The quantitative estimate of drug-likeness (QED) is 0.597. The van der Waals surface area contributed by atoms with E-state index >= 15 is 0 Å². The van der Waals surface area contributed by atoms with Crippen LogP contribution in [0.5, 0.6) is 0 Å². The lowest BCUT2D eigenvalue weighted by molar-refractivity contribution is -0.122. The van der Waals surface area contributed by atoms with Gasteiger partial charge in [-0.05, 0) is 24.7 Å². The molecular weight excluding hydrogens is 136 g/mol. The van der Waals surface area contributed by atoms with Crippen molar-refractivity contribution in [2.45, 2.75) is 46.0 Å². The molecule has 0 aliphatic heterocycles. The van der Waals surface area contributed by atoms with Gasteiger partial charge in [-0.25, -0.2) is 0 Å². The van der Waals surface area contributed by atoms with Crippen LogP contribution < -0.4 is 0 Å². The summed E-state index contributed by atoms with van der Waals surface area (Å²) in [4.78, 5) is 11.1. The zero-order valence-electron chi connectivity index (χ0n) is 7.60. The molecule has 1 aliphatic carbocycles. The molecule has 1 fully saturated rings. The van der Waals surface area contributed by atoms with Crippen LogP contribution in [0.1, 0.15) is 46.0 Å². The van der Waals surface area contributed by atoms with E-state index in [9.17, 15) is 4.79 Å². The fourth-order valence-corrected chi connectivity index (χ4v) is 1.88. The first kappa shape index (κ1) is 8.76. The first-order valence-corrected chi connectivity index (χ1v) is 4.75. The molecule has 0 saturated heterocycles. The Labute approximate surface area is 69.2 Å². The summed E-state index contributed by atoms with van der Waals surface area (Å²) in [5.41, 5.74) is 0. The van der Waals surface area contributed by atoms with Crippen molar-refractivity contribution in [2.24, 2.45) is 11.8 Å². The van der Waals surface area contributed by atoms with Gasteiger partial charge in [0, 0.05) is 12.8 Å². The highest BCUT2D eigenvalue weighted by Crippen LogP contribution is 2.29. The van der Waals surface area contributed by atoms with Crippen molar-refractivity contribution >= 4 is 5.78 Å². The molecule has 1 nitrogen and oxygen atoms in total. The van der Waals surface area contributed by atoms with Crippen molar-refractivity contribution in [3.63, 3.8) is 0 Å². The summed E-state index contributed by atoms with van der Waals surface area (Å²) in [6.07, 6.45) is 5.33. The largest absolute Gasteiger partial charge is 0.300 e. The van der Waals surface area contributed by atoms with Gasteiger partial charge in [-0.1, -0.05) is 20.3 Å². The van der Waals surface area contributed by atoms with Crippen molar-refractivity contribution in [1.82, 2.24) is 0 Å². The third-order valence-electron chi connectivity index (χ3n) is 2.97. The molecule has 2 atom stereocenters. The minimum absolute atomic E-state index is 0.488. The molecule has 11 heavy (non-hydrogen) atoms. The van der Waals surface area contributed by atoms with Gasteiger partial charge < -0.3 is 0 Å². The van der Waals surface area contributed by atoms with Gasteiger partial charge in [0.2, 0.25) is 0 Å². The highest BCUT2D eigenvalue weighted by atomic mass is 16.1. The molecule has 1 rings (SSSR count). The Kier molecular flexibility index (Phi) is 3.10. The number of rotatable bonds is 2. The minimum Gasteiger partial charge on any atom is -0.300 e. The average molecular weight is 154 g/mol. The summed E-state index contributed by atoms with van der Waals surface area (Å²) in [5.74, 6) is 1.93. The Bertz CT molecular complexity index is 140. The topological polar surface area (TPSA) is 17.1 Å². The molecule has 1 saturated carbocycles. The predicted octanol–water partition coefficient (Wildman–Crippen LogP) is 2.79. The molecular formula is C10H18O. The van der Waals surface area contributed by atoms with Crippen molar-refractivity contribution in [3.05, 3.63) is 0 Å². The number of carbonyl (C=O) groups excluding carboxylic acids is 1. The van der Waals surface area contributed by atoms with Crippen LogP contribution in [-0.4, -0.2) is 5.78 Å². The van der Waals surface area contributed by atoms with E-state index in [1.807, 2.05) is 0 Å². The highest BCUT2D eigenvalue weighted by Gasteiger charge is 2.22. The summed E-state index contributed by atoms with van der Waals surface area (Å²) in [6, 6.07) is 0. The predicted molar refractivity (Wildman–Crippen MR) is 46.4 cm³/mol. The van der Waals surface area contributed by atoms with E-state index in [4.69, 9.17) is 0 Å². The van der Waals surface area contributed by atoms with E-state index in [0.29, 0.717) is 11.7 Å². The lowest BCUT2D eigenvalue weighted by Gasteiger charge is -2.25. The third-order valence-corrected chi connectivity index (χ3v) is 2.97. The lowest BCUT2D eigenvalue weighted by atomic mass is 9.79. The summed E-state index contributed by atoms with van der Waals surface area (Å²) in [7, 11) is 0. The number of ketones is 1. The van der Waals surface area contributed by atoms with Crippen LogP contribution in [-0.2, 0) is 4.79 Å². The van der Waals surface area contributed by atoms with E-state index in [-0.39, 0.29) is 0 Å². The Morgan fingerprint density at radius 2 is 2.36 bits per heavy atom. The molecule has 0 radical (unpaired) electrons. The fraction of sp³-hybridized carbons (Fsp3) is 0.900.